The smallest absolute Gasteiger partial charge is 0.348 e. The number of H-pyrrole nitrogens is 1. The summed E-state index contributed by atoms with van der Waals surface area (Å²) in [4.78, 5) is 6.66. The topological polar surface area (TPSA) is 96.1 Å². The number of anilines is 1. The summed E-state index contributed by atoms with van der Waals surface area (Å²) in [5.41, 5.74) is 8.60. The minimum Gasteiger partial charge on any atom is -0.348 e. The molecule has 3 heterocycles. The molecule has 148 valence electrons. The number of nitrogens with zero attached hydrogens (tertiary/aromatic N) is 3. The number of benzene rings is 1. The van der Waals surface area contributed by atoms with Crippen molar-refractivity contribution in [2.45, 2.75) is 31.9 Å². The van der Waals surface area contributed by atoms with Gasteiger partial charge in [-0.15, -0.1) is 0 Å². The monoisotopic (exact) mass is 391 g/mol. The Kier molecular flexibility index (Phi) is 4.11. The van der Waals surface area contributed by atoms with Crippen molar-refractivity contribution in [3.63, 3.8) is 0 Å². The zero-order chi connectivity index (χ0) is 20.1. The molecule has 1 aromatic carbocycles. The fraction of sp³-hybridized carbons (Fsp3) is 0.333. The van der Waals surface area contributed by atoms with Crippen molar-refractivity contribution in [2.75, 3.05) is 11.9 Å². The normalized spacial score (nSPS) is 21.0. The molecule has 0 bridgehead atoms. The van der Waals surface area contributed by atoms with Gasteiger partial charge < -0.3 is 15.6 Å². The van der Waals surface area contributed by atoms with Crippen LogP contribution in [0.15, 0.2) is 41.7 Å². The molecule has 0 spiro atoms. The molecule has 1 atom stereocenters. The van der Waals surface area contributed by atoms with Crippen LogP contribution in [0.4, 0.5) is 19.0 Å². The van der Waals surface area contributed by atoms with E-state index in [1.54, 1.807) is 18.5 Å². The minimum absolute atomic E-state index is 0.0767. The van der Waals surface area contributed by atoms with Crippen LogP contribution >= 0.6 is 0 Å². The van der Waals surface area contributed by atoms with Gasteiger partial charge in [0.2, 0.25) is 0 Å². The molecule has 0 radical (unpaired) electrons. The molecule has 0 saturated carbocycles. The first-order valence-electron chi connectivity index (χ1n) is 8.78. The molecule has 1 unspecified atom stereocenters. The van der Waals surface area contributed by atoms with Crippen LogP contribution in [0, 0.1) is 0 Å². The van der Waals surface area contributed by atoms with Gasteiger partial charge in [0, 0.05) is 23.2 Å². The standard InChI is InChI=1S/C18H20F3N7/c1-10(2)28-14-4-3-12(7-11(14)8-25-28)18(22)26-15-13(5-6-23-15)16(27-18)24-9-17(19,20)21/h3-8,10,23,26H,9,22H2,1-2H3,(H,24,27). The van der Waals surface area contributed by atoms with E-state index in [9.17, 15) is 13.2 Å². The maximum absolute atomic E-state index is 12.7. The van der Waals surface area contributed by atoms with E-state index in [2.05, 4.69) is 25.7 Å². The first-order chi connectivity index (χ1) is 13.2. The van der Waals surface area contributed by atoms with Gasteiger partial charge in [0.1, 0.15) is 18.2 Å². The van der Waals surface area contributed by atoms with Gasteiger partial charge in [0.05, 0.1) is 17.3 Å². The molecule has 28 heavy (non-hydrogen) atoms. The molecular formula is C18H20F3N7. The molecular weight excluding hydrogens is 371 g/mol. The number of aromatic nitrogens is 3. The molecule has 1 aliphatic heterocycles. The lowest BCUT2D eigenvalue weighted by Crippen LogP contribution is -2.61. The van der Waals surface area contributed by atoms with Crippen molar-refractivity contribution in [3.05, 3.63) is 47.8 Å². The van der Waals surface area contributed by atoms with Gasteiger partial charge in [0.25, 0.3) is 0 Å². The second kappa shape index (κ2) is 6.26. The van der Waals surface area contributed by atoms with E-state index >= 15 is 0 Å². The highest BCUT2D eigenvalue weighted by molar-refractivity contribution is 6.05. The van der Waals surface area contributed by atoms with Crippen molar-refractivity contribution in [2.24, 2.45) is 10.7 Å². The highest BCUT2D eigenvalue weighted by atomic mass is 19.4. The Bertz CT molecular complexity index is 1050. The number of halogens is 3. The van der Waals surface area contributed by atoms with Gasteiger partial charge in [-0.2, -0.15) is 18.3 Å². The Balaban J connectivity index is 1.74. The molecule has 10 heteroatoms. The van der Waals surface area contributed by atoms with E-state index < -0.39 is 18.5 Å². The molecule has 4 rings (SSSR count). The van der Waals surface area contributed by atoms with Crippen LogP contribution in [0.1, 0.15) is 31.0 Å². The van der Waals surface area contributed by atoms with Gasteiger partial charge >= 0.3 is 6.18 Å². The third-order valence-electron chi connectivity index (χ3n) is 4.60. The first-order valence-corrected chi connectivity index (χ1v) is 8.78. The zero-order valence-electron chi connectivity index (χ0n) is 15.3. The average Bonchev–Trinajstić information content (AvgIpc) is 3.24. The molecule has 0 amide bonds. The third kappa shape index (κ3) is 3.19. The molecule has 2 aromatic heterocycles. The van der Waals surface area contributed by atoms with E-state index in [0.717, 1.165) is 10.9 Å². The van der Waals surface area contributed by atoms with Crippen LogP contribution in [-0.2, 0) is 5.79 Å². The van der Waals surface area contributed by atoms with Gasteiger partial charge in [0.15, 0.2) is 5.79 Å². The molecule has 0 fully saturated rings. The number of hydrogen-bond acceptors (Lipinski definition) is 4. The predicted molar refractivity (Wildman–Crippen MR) is 101 cm³/mol. The van der Waals surface area contributed by atoms with E-state index in [4.69, 9.17) is 5.73 Å². The molecule has 7 nitrogen and oxygen atoms in total. The van der Waals surface area contributed by atoms with E-state index in [-0.39, 0.29) is 11.9 Å². The Morgan fingerprint density at radius 1 is 1.25 bits per heavy atom. The molecule has 0 aliphatic carbocycles. The van der Waals surface area contributed by atoms with Gasteiger partial charge in [-0.1, -0.05) is 6.07 Å². The Morgan fingerprint density at radius 3 is 2.75 bits per heavy atom. The third-order valence-corrected chi connectivity index (χ3v) is 4.60. The van der Waals surface area contributed by atoms with Crippen LogP contribution in [0.3, 0.4) is 0 Å². The maximum Gasteiger partial charge on any atom is 0.408 e. The first kappa shape index (κ1) is 18.4. The second-order valence-electron chi connectivity index (χ2n) is 7.06. The summed E-state index contributed by atoms with van der Waals surface area (Å²) >= 11 is 0. The number of amidine groups is 1. The van der Waals surface area contributed by atoms with E-state index in [0.29, 0.717) is 16.9 Å². The largest absolute Gasteiger partial charge is 0.408 e. The lowest BCUT2D eigenvalue weighted by Gasteiger charge is -2.38. The lowest BCUT2D eigenvalue weighted by molar-refractivity contribution is -0.118. The van der Waals surface area contributed by atoms with E-state index in [1.165, 1.54) is 0 Å². The van der Waals surface area contributed by atoms with Crippen LogP contribution in [0.25, 0.3) is 10.9 Å². The number of nitrogens with two attached hydrogens (primary N) is 1. The van der Waals surface area contributed by atoms with Crippen molar-refractivity contribution >= 4 is 22.6 Å². The summed E-state index contributed by atoms with van der Waals surface area (Å²) in [6.45, 7) is 2.77. The highest BCUT2D eigenvalue weighted by Crippen LogP contribution is 2.30. The summed E-state index contributed by atoms with van der Waals surface area (Å²) in [7, 11) is 0. The Morgan fingerprint density at radius 2 is 2.04 bits per heavy atom. The van der Waals surface area contributed by atoms with Crippen molar-refractivity contribution < 1.29 is 13.2 Å². The van der Waals surface area contributed by atoms with Gasteiger partial charge in [-0.05, 0) is 32.0 Å². The molecule has 5 N–H and O–H groups in total. The summed E-state index contributed by atoms with van der Waals surface area (Å²) in [5.74, 6) is -0.760. The number of rotatable bonds is 3. The van der Waals surface area contributed by atoms with Crippen molar-refractivity contribution in [1.82, 2.24) is 20.1 Å². The van der Waals surface area contributed by atoms with Gasteiger partial charge in [-0.3, -0.25) is 15.4 Å². The lowest BCUT2D eigenvalue weighted by atomic mass is 10.0. The minimum atomic E-state index is -4.41. The van der Waals surface area contributed by atoms with Crippen LogP contribution in [0.2, 0.25) is 0 Å². The highest BCUT2D eigenvalue weighted by Gasteiger charge is 2.36. The number of aliphatic imine (C=N–C) groups is 1. The fourth-order valence-corrected chi connectivity index (χ4v) is 3.30. The Hall–Kier alpha value is -3.01. The average molecular weight is 391 g/mol. The van der Waals surface area contributed by atoms with E-state index in [1.807, 2.05) is 36.7 Å². The molecule has 3 aromatic rings. The summed E-state index contributed by atoms with van der Waals surface area (Å²) < 4.78 is 39.9. The number of nitrogens with one attached hydrogen (secondary N) is 3. The van der Waals surface area contributed by atoms with Crippen molar-refractivity contribution in [1.29, 1.82) is 0 Å². The SMILES string of the molecule is CC(C)n1ncc2cc(C3(N)NC(=NCC(F)(F)F)c4cc[nH]c4N3)ccc21. The van der Waals surface area contributed by atoms with Crippen LogP contribution in [0.5, 0.6) is 0 Å². The summed E-state index contributed by atoms with van der Waals surface area (Å²) in [6, 6.07) is 7.41. The number of hydrogen-bond donors (Lipinski definition) is 4. The van der Waals surface area contributed by atoms with Crippen LogP contribution < -0.4 is 16.4 Å². The second-order valence-corrected chi connectivity index (χ2v) is 7.06. The Labute approximate surface area is 158 Å². The number of aromatic amines is 1. The maximum atomic E-state index is 12.7. The van der Waals surface area contributed by atoms with Crippen LogP contribution in [-0.4, -0.2) is 33.3 Å². The number of alkyl halides is 3. The summed E-state index contributed by atoms with van der Waals surface area (Å²) in [5, 5.41) is 11.3. The zero-order valence-corrected chi connectivity index (χ0v) is 15.3. The number of fused-ring (bicyclic) bond motifs is 2. The summed E-state index contributed by atoms with van der Waals surface area (Å²) in [6.07, 6.45) is -1.05. The quantitative estimate of drug-likeness (QED) is 0.552. The predicted octanol–water partition coefficient (Wildman–Crippen LogP) is 3.04. The molecule has 1 aliphatic rings. The van der Waals surface area contributed by atoms with Gasteiger partial charge in [-0.25, -0.2) is 0 Å². The van der Waals surface area contributed by atoms with Crippen molar-refractivity contribution in [3.8, 4) is 0 Å². The molecule has 0 saturated heterocycles. The fourth-order valence-electron chi connectivity index (χ4n) is 3.30.